The topological polar surface area (TPSA) is 9.23 Å². The van der Waals surface area contributed by atoms with Crippen LogP contribution >= 0.6 is 39.1 Å². The fourth-order valence-corrected chi connectivity index (χ4v) is 2.56. The molecule has 19 heavy (non-hydrogen) atoms. The van der Waals surface area contributed by atoms with Gasteiger partial charge in [-0.15, -0.1) is 0 Å². The summed E-state index contributed by atoms with van der Waals surface area (Å²) in [6.45, 7) is 0.240. The van der Waals surface area contributed by atoms with Crippen molar-refractivity contribution in [3.63, 3.8) is 0 Å². The SMILES string of the molecule is Fc1ccc(OCc2c(Cl)cccc2Cl)c(CBr)c1. The third-order valence-electron chi connectivity index (χ3n) is 2.60. The number of rotatable bonds is 4. The zero-order valence-corrected chi connectivity index (χ0v) is 12.9. The van der Waals surface area contributed by atoms with Crippen molar-refractivity contribution in [3.05, 3.63) is 63.4 Å². The lowest BCUT2D eigenvalue weighted by molar-refractivity contribution is 0.303. The van der Waals surface area contributed by atoms with Gasteiger partial charge in [-0.1, -0.05) is 45.2 Å². The molecule has 0 aliphatic carbocycles. The predicted octanol–water partition coefficient (Wildman–Crippen LogP) is 5.61. The van der Waals surface area contributed by atoms with E-state index in [9.17, 15) is 4.39 Å². The molecule has 0 saturated heterocycles. The van der Waals surface area contributed by atoms with Gasteiger partial charge in [-0.3, -0.25) is 0 Å². The number of hydrogen-bond donors (Lipinski definition) is 0. The molecular formula is C14H10BrCl2FO. The van der Waals surface area contributed by atoms with Crippen molar-refractivity contribution in [2.24, 2.45) is 0 Å². The summed E-state index contributed by atoms with van der Waals surface area (Å²) >= 11 is 15.4. The van der Waals surface area contributed by atoms with E-state index in [1.165, 1.54) is 12.1 Å². The number of halogens is 4. The van der Waals surface area contributed by atoms with Crippen LogP contribution < -0.4 is 4.74 Å². The first kappa shape index (κ1) is 14.6. The summed E-state index contributed by atoms with van der Waals surface area (Å²) in [5.41, 5.74) is 1.46. The minimum absolute atomic E-state index is 0.240. The molecule has 0 unspecified atom stereocenters. The zero-order valence-electron chi connectivity index (χ0n) is 9.80. The van der Waals surface area contributed by atoms with Crippen LogP contribution in [0.3, 0.4) is 0 Å². The molecule has 0 spiro atoms. The summed E-state index contributed by atoms with van der Waals surface area (Å²) in [7, 11) is 0. The number of benzene rings is 2. The van der Waals surface area contributed by atoms with Crippen molar-refractivity contribution >= 4 is 39.1 Å². The van der Waals surface area contributed by atoms with E-state index in [1.807, 2.05) is 0 Å². The zero-order chi connectivity index (χ0) is 13.8. The van der Waals surface area contributed by atoms with Crippen LogP contribution in [-0.2, 0) is 11.9 Å². The molecule has 2 aromatic rings. The Morgan fingerprint density at radius 2 is 1.79 bits per heavy atom. The highest BCUT2D eigenvalue weighted by Crippen LogP contribution is 2.28. The van der Waals surface area contributed by atoms with Gasteiger partial charge in [0.05, 0.1) is 0 Å². The van der Waals surface area contributed by atoms with Crippen LogP contribution in [0.2, 0.25) is 10.0 Å². The molecule has 2 rings (SSSR count). The first-order chi connectivity index (χ1) is 9.11. The van der Waals surface area contributed by atoms with E-state index in [-0.39, 0.29) is 12.4 Å². The predicted molar refractivity (Wildman–Crippen MR) is 79.8 cm³/mol. The molecule has 1 nitrogen and oxygen atoms in total. The van der Waals surface area contributed by atoms with Gasteiger partial charge < -0.3 is 4.74 Å². The molecule has 0 heterocycles. The molecule has 0 amide bonds. The van der Waals surface area contributed by atoms with Crippen LogP contribution in [0.4, 0.5) is 4.39 Å². The highest BCUT2D eigenvalue weighted by Gasteiger charge is 2.09. The lowest BCUT2D eigenvalue weighted by atomic mass is 10.2. The normalized spacial score (nSPS) is 10.5. The van der Waals surface area contributed by atoms with Gasteiger partial charge in [0, 0.05) is 26.5 Å². The van der Waals surface area contributed by atoms with Gasteiger partial charge in [-0.05, 0) is 30.3 Å². The second-order valence-corrected chi connectivity index (χ2v) is 5.25. The smallest absolute Gasteiger partial charge is 0.124 e. The Balaban J connectivity index is 2.19. The summed E-state index contributed by atoms with van der Waals surface area (Å²) < 4.78 is 18.8. The summed E-state index contributed by atoms with van der Waals surface area (Å²) in [6.07, 6.45) is 0. The summed E-state index contributed by atoms with van der Waals surface area (Å²) in [4.78, 5) is 0. The van der Waals surface area contributed by atoms with Crippen LogP contribution in [0.1, 0.15) is 11.1 Å². The van der Waals surface area contributed by atoms with Crippen LogP contribution in [0.5, 0.6) is 5.75 Å². The Labute approximate surface area is 129 Å². The lowest BCUT2D eigenvalue weighted by Crippen LogP contribution is -1.99. The first-order valence-electron chi connectivity index (χ1n) is 5.52. The molecule has 0 aliphatic rings. The average molecular weight is 364 g/mol. The number of hydrogen-bond acceptors (Lipinski definition) is 1. The third-order valence-corrected chi connectivity index (χ3v) is 3.91. The van der Waals surface area contributed by atoms with Crippen LogP contribution in [0.25, 0.3) is 0 Å². The van der Waals surface area contributed by atoms with E-state index in [1.54, 1.807) is 24.3 Å². The van der Waals surface area contributed by atoms with Gasteiger partial charge in [0.25, 0.3) is 0 Å². The standard InChI is InChI=1S/C14H10BrCl2FO/c15-7-9-6-10(18)4-5-14(9)19-8-11-12(16)2-1-3-13(11)17/h1-6H,7-8H2. The Kier molecular flexibility index (Phi) is 5.08. The van der Waals surface area contributed by atoms with E-state index in [2.05, 4.69) is 15.9 Å². The first-order valence-corrected chi connectivity index (χ1v) is 7.39. The highest BCUT2D eigenvalue weighted by atomic mass is 79.9. The minimum Gasteiger partial charge on any atom is -0.488 e. The number of alkyl halides is 1. The van der Waals surface area contributed by atoms with Crippen molar-refractivity contribution < 1.29 is 9.13 Å². The Morgan fingerprint density at radius 3 is 2.42 bits per heavy atom. The Morgan fingerprint density at radius 1 is 1.11 bits per heavy atom. The van der Waals surface area contributed by atoms with Crippen LogP contribution in [0, 0.1) is 5.82 Å². The monoisotopic (exact) mass is 362 g/mol. The average Bonchev–Trinajstić information content (AvgIpc) is 2.39. The van der Waals surface area contributed by atoms with E-state index in [0.29, 0.717) is 21.1 Å². The number of ether oxygens (including phenoxy) is 1. The quantitative estimate of drug-likeness (QED) is 0.642. The van der Waals surface area contributed by atoms with E-state index in [4.69, 9.17) is 27.9 Å². The molecule has 0 radical (unpaired) electrons. The van der Waals surface area contributed by atoms with Gasteiger partial charge in [-0.25, -0.2) is 4.39 Å². The van der Waals surface area contributed by atoms with Gasteiger partial charge in [0.2, 0.25) is 0 Å². The van der Waals surface area contributed by atoms with Crippen molar-refractivity contribution in [3.8, 4) is 5.75 Å². The van der Waals surface area contributed by atoms with E-state index >= 15 is 0 Å². The Bertz CT molecular complexity index is 569. The molecule has 0 bridgehead atoms. The second kappa shape index (κ2) is 6.60. The largest absolute Gasteiger partial charge is 0.488 e. The van der Waals surface area contributed by atoms with Crippen LogP contribution in [0.15, 0.2) is 36.4 Å². The lowest BCUT2D eigenvalue weighted by Gasteiger charge is -2.12. The van der Waals surface area contributed by atoms with E-state index < -0.39 is 0 Å². The van der Waals surface area contributed by atoms with Gasteiger partial charge in [0.15, 0.2) is 0 Å². The molecule has 0 saturated carbocycles. The Hall–Kier alpha value is -0.770. The molecule has 2 aromatic carbocycles. The van der Waals surface area contributed by atoms with Crippen molar-refractivity contribution in [2.45, 2.75) is 11.9 Å². The molecule has 0 atom stereocenters. The summed E-state index contributed by atoms with van der Waals surface area (Å²) in [6, 6.07) is 9.66. The van der Waals surface area contributed by atoms with Crippen molar-refractivity contribution in [1.29, 1.82) is 0 Å². The van der Waals surface area contributed by atoms with Crippen molar-refractivity contribution in [2.75, 3.05) is 0 Å². The molecule has 0 aromatic heterocycles. The van der Waals surface area contributed by atoms with E-state index in [0.717, 1.165) is 11.1 Å². The third kappa shape index (κ3) is 3.62. The van der Waals surface area contributed by atoms with Gasteiger partial charge in [0.1, 0.15) is 18.2 Å². The fourth-order valence-electron chi connectivity index (χ4n) is 1.61. The van der Waals surface area contributed by atoms with Crippen molar-refractivity contribution in [1.82, 2.24) is 0 Å². The van der Waals surface area contributed by atoms with Gasteiger partial charge >= 0.3 is 0 Å². The molecule has 5 heteroatoms. The molecule has 0 aliphatic heterocycles. The maximum absolute atomic E-state index is 13.1. The summed E-state index contributed by atoms with van der Waals surface area (Å²) in [5.74, 6) is 0.312. The minimum atomic E-state index is -0.294. The molecule has 0 fully saturated rings. The maximum atomic E-state index is 13.1. The summed E-state index contributed by atoms with van der Waals surface area (Å²) in [5, 5.41) is 1.61. The second-order valence-electron chi connectivity index (χ2n) is 3.87. The molecule has 100 valence electrons. The maximum Gasteiger partial charge on any atom is 0.124 e. The van der Waals surface area contributed by atoms with Crippen LogP contribution in [-0.4, -0.2) is 0 Å². The molecular weight excluding hydrogens is 354 g/mol. The molecule has 0 N–H and O–H groups in total. The van der Waals surface area contributed by atoms with Gasteiger partial charge in [-0.2, -0.15) is 0 Å². The fraction of sp³-hybridized carbons (Fsp3) is 0.143. The highest BCUT2D eigenvalue weighted by molar-refractivity contribution is 9.08.